The van der Waals surface area contributed by atoms with Crippen molar-refractivity contribution in [2.45, 2.75) is 26.7 Å². The van der Waals surface area contributed by atoms with Crippen molar-refractivity contribution in [1.29, 1.82) is 0 Å². The van der Waals surface area contributed by atoms with Crippen LogP contribution in [0.5, 0.6) is 11.5 Å². The third-order valence-corrected chi connectivity index (χ3v) is 3.24. The Morgan fingerprint density at radius 3 is 2.88 bits per heavy atom. The maximum absolute atomic E-state index is 11.6. The third kappa shape index (κ3) is 4.34. The summed E-state index contributed by atoms with van der Waals surface area (Å²) in [6.07, 6.45) is 1.59. The van der Waals surface area contributed by atoms with Crippen molar-refractivity contribution >= 4 is 12.2 Å². The molecule has 0 spiro atoms. The van der Waals surface area contributed by atoms with Gasteiger partial charge in [0.15, 0.2) is 11.5 Å². The van der Waals surface area contributed by atoms with E-state index in [-0.39, 0.29) is 11.5 Å². The zero-order valence-corrected chi connectivity index (χ0v) is 14.3. The molecule has 0 atom stereocenters. The maximum Gasteiger partial charge on any atom is 0.252 e. The van der Waals surface area contributed by atoms with Crippen LogP contribution in [0.25, 0.3) is 0 Å². The van der Waals surface area contributed by atoms with Crippen molar-refractivity contribution < 1.29 is 9.47 Å². The van der Waals surface area contributed by atoms with Gasteiger partial charge in [-0.15, -0.1) is 0 Å². The molecule has 0 fully saturated rings. The summed E-state index contributed by atoms with van der Waals surface area (Å²) in [4.78, 5) is 18.6. The first-order valence-electron chi connectivity index (χ1n) is 7.75. The zero-order chi connectivity index (χ0) is 17.5. The molecular formula is C17H22N4O3. The Bertz CT molecular complexity index is 769. The number of nitrogens with zero attached hydrogens (tertiary/aromatic N) is 2. The number of hydrogen-bond acceptors (Lipinski definition) is 6. The molecule has 0 saturated heterocycles. The highest BCUT2D eigenvalue weighted by Crippen LogP contribution is 2.29. The van der Waals surface area contributed by atoms with Gasteiger partial charge >= 0.3 is 0 Å². The highest BCUT2D eigenvalue weighted by atomic mass is 16.5. The first-order valence-corrected chi connectivity index (χ1v) is 7.75. The number of H-pyrrole nitrogens is 1. The Morgan fingerprint density at radius 1 is 1.42 bits per heavy atom. The molecule has 7 nitrogen and oxygen atoms in total. The van der Waals surface area contributed by atoms with E-state index in [0.717, 1.165) is 5.56 Å². The fourth-order valence-corrected chi connectivity index (χ4v) is 2.11. The van der Waals surface area contributed by atoms with E-state index in [2.05, 4.69) is 20.5 Å². The monoisotopic (exact) mass is 330 g/mol. The Hall–Kier alpha value is -2.83. The quantitative estimate of drug-likeness (QED) is 0.602. The second kappa shape index (κ2) is 8.14. The minimum Gasteiger partial charge on any atom is -0.492 e. The summed E-state index contributed by atoms with van der Waals surface area (Å²) < 4.78 is 10.9. The Labute approximate surface area is 140 Å². The van der Waals surface area contributed by atoms with E-state index in [1.807, 2.05) is 39.0 Å². The van der Waals surface area contributed by atoms with Crippen LogP contribution in [0.4, 0.5) is 5.95 Å². The molecule has 0 amide bonds. The van der Waals surface area contributed by atoms with Gasteiger partial charge < -0.3 is 9.47 Å². The van der Waals surface area contributed by atoms with E-state index in [0.29, 0.717) is 29.7 Å². The van der Waals surface area contributed by atoms with Crippen molar-refractivity contribution in [2.75, 3.05) is 19.1 Å². The molecule has 2 N–H and O–H groups in total. The average molecular weight is 330 g/mol. The minimum absolute atomic E-state index is 0.153. The summed E-state index contributed by atoms with van der Waals surface area (Å²) >= 11 is 0. The Kier molecular flexibility index (Phi) is 5.95. The van der Waals surface area contributed by atoms with Crippen molar-refractivity contribution in [3.8, 4) is 11.5 Å². The number of rotatable bonds is 7. The molecule has 2 aromatic rings. The minimum atomic E-state index is -0.220. The van der Waals surface area contributed by atoms with Crippen molar-refractivity contribution in [3.63, 3.8) is 0 Å². The summed E-state index contributed by atoms with van der Waals surface area (Å²) in [5.74, 6) is 1.70. The van der Waals surface area contributed by atoms with Gasteiger partial charge in [0.2, 0.25) is 5.95 Å². The van der Waals surface area contributed by atoms with E-state index < -0.39 is 0 Å². The number of benzene rings is 1. The van der Waals surface area contributed by atoms with Gasteiger partial charge in [0.25, 0.3) is 5.56 Å². The van der Waals surface area contributed by atoms with Gasteiger partial charge in [0.05, 0.1) is 25.6 Å². The largest absolute Gasteiger partial charge is 0.492 e. The molecule has 0 unspecified atom stereocenters. The van der Waals surface area contributed by atoms with E-state index in [1.165, 1.54) is 6.07 Å². The first-order chi connectivity index (χ1) is 11.5. The van der Waals surface area contributed by atoms with E-state index >= 15 is 0 Å². The number of hydrazone groups is 1. The number of para-hydroxylation sites is 1. The molecule has 0 aliphatic carbocycles. The molecule has 0 aliphatic heterocycles. The predicted octanol–water partition coefficient (Wildman–Crippen LogP) is 2.75. The van der Waals surface area contributed by atoms with Gasteiger partial charge in [0, 0.05) is 11.6 Å². The number of aromatic nitrogens is 2. The lowest BCUT2D eigenvalue weighted by Gasteiger charge is -2.11. The maximum atomic E-state index is 11.6. The third-order valence-electron chi connectivity index (χ3n) is 3.24. The summed E-state index contributed by atoms with van der Waals surface area (Å²) in [5.41, 5.74) is 3.97. The molecular weight excluding hydrogens is 308 g/mol. The molecule has 0 aliphatic rings. The van der Waals surface area contributed by atoms with Gasteiger partial charge in [-0.3, -0.25) is 9.78 Å². The van der Waals surface area contributed by atoms with E-state index in [1.54, 1.807) is 13.3 Å². The van der Waals surface area contributed by atoms with Crippen molar-refractivity contribution in [3.05, 3.63) is 45.9 Å². The highest BCUT2D eigenvalue weighted by Gasteiger charge is 2.08. The number of aromatic amines is 1. The molecule has 0 radical (unpaired) electrons. The SMILES string of the molecule is CCOc1cccc(/C=N\Nc2nc(C(C)C)cc(=O)[nH]2)c1OC. The van der Waals surface area contributed by atoms with E-state index in [9.17, 15) is 4.79 Å². The van der Waals surface area contributed by atoms with Crippen LogP contribution in [-0.2, 0) is 0 Å². The van der Waals surface area contributed by atoms with Gasteiger partial charge in [-0.2, -0.15) is 5.10 Å². The van der Waals surface area contributed by atoms with Crippen molar-refractivity contribution in [1.82, 2.24) is 9.97 Å². The molecule has 2 rings (SSSR count). The number of ether oxygens (including phenoxy) is 2. The lowest BCUT2D eigenvalue weighted by molar-refractivity contribution is 0.311. The standard InChI is InChI=1S/C17H22N4O3/c1-5-24-14-8-6-7-12(16(14)23-4)10-18-21-17-19-13(11(2)3)9-15(22)20-17/h6-11H,5H2,1-4H3,(H2,19,20,21,22)/b18-10-. The fraction of sp³-hybridized carbons (Fsp3) is 0.353. The highest BCUT2D eigenvalue weighted by molar-refractivity contribution is 5.85. The molecule has 1 aromatic heterocycles. The summed E-state index contributed by atoms with van der Waals surface area (Å²) in [6.45, 7) is 6.39. The van der Waals surface area contributed by atoms with Crippen LogP contribution in [0.2, 0.25) is 0 Å². The number of methoxy groups -OCH3 is 1. The number of hydrogen-bond donors (Lipinski definition) is 2. The molecule has 0 saturated carbocycles. The molecule has 128 valence electrons. The second-order valence-electron chi connectivity index (χ2n) is 5.36. The summed E-state index contributed by atoms with van der Waals surface area (Å²) in [5, 5.41) is 4.12. The molecule has 0 bridgehead atoms. The molecule has 24 heavy (non-hydrogen) atoms. The Morgan fingerprint density at radius 2 is 2.21 bits per heavy atom. The molecule has 7 heteroatoms. The molecule has 1 heterocycles. The van der Waals surface area contributed by atoms with Crippen molar-refractivity contribution in [2.24, 2.45) is 5.10 Å². The van der Waals surface area contributed by atoms with Gasteiger partial charge in [-0.1, -0.05) is 19.9 Å². The smallest absolute Gasteiger partial charge is 0.252 e. The average Bonchev–Trinajstić information content (AvgIpc) is 2.55. The topological polar surface area (TPSA) is 88.6 Å². The van der Waals surface area contributed by atoms with Crippen LogP contribution < -0.4 is 20.5 Å². The Balaban J connectivity index is 2.21. The predicted molar refractivity (Wildman–Crippen MR) is 94.3 cm³/mol. The van der Waals surface area contributed by atoms with Crippen LogP contribution >= 0.6 is 0 Å². The van der Waals surface area contributed by atoms with Crippen LogP contribution in [0, 0.1) is 0 Å². The lowest BCUT2D eigenvalue weighted by atomic mass is 10.1. The van der Waals surface area contributed by atoms with Crippen LogP contribution in [0.3, 0.4) is 0 Å². The van der Waals surface area contributed by atoms with Crippen LogP contribution in [0.1, 0.15) is 37.9 Å². The zero-order valence-electron chi connectivity index (χ0n) is 14.3. The second-order valence-corrected chi connectivity index (χ2v) is 5.36. The van der Waals surface area contributed by atoms with Gasteiger partial charge in [0.1, 0.15) is 0 Å². The fourth-order valence-electron chi connectivity index (χ4n) is 2.11. The summed E-state index contributed by atoms with van der Waals surface area (Å²) in [7, 11) is 1.58. The number of nitrogens with one attached hydrogen (secondary N) is 2. The van der Waals surface area contributed by atoms with Gasteiger partial charge in [-0.25, -0.2) is 10.4 Å². The van der Waals surface area contributed by atoms with Gasteiger partial charge in [-0.05, 0) is 25.0 Å². The first kappa shape index (κ1) is 17.5. The molecule has 1 aromatic carbocycles. The lowest BCUT2D eigenvalue weighted by Crippen LogP contribution is -2.12. The van der Waals surface area contributed by atoms with E-state index in [4.69, 9.17) is 9.47 Å². The number of anilines is 1. The normalized spacial score (nSPS) is 11.0. The van der Waals surface area contributed by atoms with Crippen LogP contribution in [0.15, 0.2) is 34.2 Å². The summed E-state index contributed by atoms with van der Waals surface area (Å²) in [6, 6.07) is 7.02. The van der Waals surface area contributed by atoms with Crippen LogP contribution in [-0.4, -0.2) is 29.9 Å².